The molecule has 0 spiro atoms. The molecule has 0 radical (unpaired) electrons. The van der Waals surface area contributed by atoms with Crippen LogP contribution in [0.4, 0.5) is 0 Å². The Kier molecular flexibility index (Phi) is 3.75. The van der Waals surface area contributed by atoms with Crippen LogP contribution in [0, 0.1) is 3.57 Å². The maximum atomic E-state index is 11.5. The van der Waals surface area contributed by atoms with Crippen molar-refractivity contribution in [2.24, 2.45) is 7.05 Å². The Bertz CT molecular complexity index is 570. The van der Waals surface area contributed by atoms with E-state index in [1.54, 1.807) is 25.5 Å². The first-order valence-corrected chi connectivity index (χ1v) is 5.97. The van der Waals surface area contributed by atoms with Crippen LogP contribution in [0.2, 0.25) is 0 Å². The number of halogens is 1. The number of methoxy groups -OCH3 is 1. The quantitative estimate of drug-likeness (QED) is 0.608. The van der Waals surface area contributed by atoms with E-state index in [4.69, 9.17) is 4.74 Å². The molecular formula is C10H9IN4O3. The maximum Gasteiger partial charge on any atom is 0.357 e. The third-order valence-corrected chi connectivity index (χ3v) is 3.04. The summed E-state index contributed by atoms with van der Waals surface area (Å²) in [5.74, 6) is -0.206. The Morgan fingerprint density at radius 1 is 1.39 bits per heavy atom. The smallest absolute Gasteiger partial charge is 0.357 e. The second-order valence-electron chi connectivity index (χ2n) is 3.22. The minimum Gasteiger partial charge on any atom is -0.464 e. The molecule has 0 N–H and O–H groups in total. The van der Waals surface area contributed by atoms with E-state index in [9.17, 15) is 4.79 Å². The van der Waals surface area contributed by atoms with Crippen molar-refractivity contribution in [3.05, 3.63) is 27.7 Å². The topological polar surface area (TPSA) is 79.1 Å². The molecule has 94 valence electrons. The van der Waals surface area contributed by atoms with Crippen molar-refractivity contribution < 1.29 is 14.3 Å². The lowest BCUT2D eigenvalue weighted by molar-refractivity contribution is 0.0587. The van der Waals surface area contributed by atoms with Crippen molar-refractivity contribution in [1.82, 2.24) is 19.7 Å². The number of ether oxygens (including phenoxy) is 2. The van der Waals surface area contributed by atoms with Crippen molar-refractivity contribution in [2.45, 2.75) is 0 Å². The Morgan fingerprint density at radius 2 is 2.06 bits per heavy atom. The summed E-state index contributed by atoms with van der Waals surface area (Å²) in [6.07, 6.45) is 3.11. The number of hydrogen-bond donors (Lipinski definition) is 0. The fourth-order valence-electron chi connectivity index (χ4n) is 1.28. The molecule has 0 fully saturated rings. The molecule has 0 saturated heterocycles. The summed E-state index contributed by atoms with van der Waals surface area (Å²) >= 11 is 1.96. The second kappa shape index (κ2) is 5.29. The van der Waals surface area contributed by atoms with Crippen molar-refractivity contribution in [3.8, 4) is 11.9 Å². The molecule has 0 aliphatic heterocycles. The summed E-state index contributed by atoms with van der Waals surface area (Å²) < 4.78 is 12.0. The zero-order chi connectivity index (χ0) is 13.1. The Hall–Kier alpha value is -1.71. The molecule has 0 saturated carbocycles. The predicted octanol–water partition coefficient (Wildman–Crippen LogP) is 1.39. The number of nitrogens with zero attached hydrogens (tertiary/aromatic N) is 4. The fourth-order valence-corrected chi connectivity index (χ4v) is 2.07. The van der Waals surface area contributed by atoms with Gasteiger partial charge in [0.15, 0.2) is 5.69 Å². The van der Waals surface area contributed by atoms with Crippen LogP contribution in [0.1, 0.15) is 10.5 Å². The van der Waals surface area contributed by atoms with Gasteiger partial charge in [0.2, 0.25) is 0 Å². The van der Waals surface area contributed by atoms with Crippen LogP contribution in [-0.2, 0) is 11.8 Å². The molecule has 2 aromatic heterocycles. The highest BCUT2D eigenvalue weighted by Crippen LogP contribution is 2.26. The van der Waals surface area contributed by atoms with E-state index >= 15 is 0 Å². The normalized spacial score (nSPS) is 10.2. The molecule has 0 aliphatic rings. The van der Waals surface area contributed by atoms with Gasteiger partial charge in [-0.15, -0.1) is 5.10 Å². The van der Waals surface area contributed by atoms with Gasteiger partial charge in [-0.1, -0.05) is 0 Å². The van der Waals surface area contributed by atoms with E-state index < -0.39 is 5.97 Å². The third-order valence-electron chi connectivity index (χ3n) is 2.07. The summed E-state index contributed by atoms with van der Waals surface area (Å²) in [4.78, 5) is 19.4. The van der Waals surface area contributed by atoms with Crippen LogP contribution in [0.25, 0.3) is 0 Å². The van der Waals surface area contributed by atoms with Gasteiger partial charge in [-0.2, -0.15) is 0 Å². The summed E-state index contributed by atoms with van der Waals surface area (Å²) in [5, 5.41) is 4.08. The van der Waals surface area contributed by atoms with E-state index in [0.717, 1.165) is 0 Å². The van der Waals surface area contributed by atoms with E-state index in [1.807, 2.05) is 22.6 Å². The first-order chi connectivity index (χ1) is 8.63. The fraction of sp³-hybridized carbons (Fsp3) is 0.200. The lowest BCUT2D eigenvalue weighted by atomic mass is 10.4. The molecular weight excluding hydrogens is 351 g/mol. The first-order valence-electron chi connectivity index (χ1n) is 4.89. The minimum absolute atomic E-state index is 0.171. The molecule has 2 aromatic rings. The average molecular weight is 360 g/mol. The third kappa shape index (κ3) is 2.42. The zero-order valence-electron chi connectivity index (χ0n) is 9.62. The van der Waals surface area contributed by atoms with Gasteiger partial charge in [0.05, 0.1) is 7.11 Å². The second-order valence-corrected chi connectivity index (χ2v) is 4.30. The molecule has 0 unspecified atom stereocenters. The standard InChI is InChI=1S/C10H9IN4O3/c1-15-7(9(16)17-2)6(11)8(14-15)18-10-12-4-3-5-13-10/h3-5H,1-2H3. The number of aromatic nitrogens is 4. The molecule has 0 aliphatic carbocycles. The van der Waals surface area contributed by atoms with Gasteiger partial charge in [0, 0.05) is 19.4 Å². The molecule has 0 amide bonds. The highest BCUT2D eigenvalue weighted by atomic mass is 127. The molecule has 7 nitrogen and oxygen atoms in total. The van der Waals surface area contributed by atoms with Gasteiger partial charge in [-0.05, 0) is 28.7 Å². The number of carbonyl (C=O) groups is 1. The number of hydrogen-bond acceptors (Lipinski definition) is 6. The van der Waals surface area contributed by atoms with Gasteiger partial charge in [0.25, 0.3) is 5.88 Å². The number of carbonyl (C=O) groups excluding carboxylic acids is 1. The number of aryl methyl sites for hydroxylation is 1. The molecule has 0 bridgehead atoms. The summed E-state index contributed by atoms with van der Waals surface area (Å²) in [7, 11) is 2.94. The monoisotopic (exact) mass is 360 g/mol. The largest absolute Gasteiger partial charge is 0.464 e. The van der Waals surface area contributed by atoms with Crippen LogP contribution in [-0.4, -0.2) is 32.8 Å². The minimum atomic E-state index is -0.474. The van der Waals surface area contributed by atoms with E-state index in [1.165, 1.54) is 11.8 Å². The summed E-state index contributed by atoms with van der Waals surface area (Å²) in [5.41, 5.74) is 0.323. The predicted molar refractivity (Wildman–Crippen MR) is 69.4 cm³/mol. The Morgan fingerprint density at radius 3 is 2.67 bits per heavy atom. The van der Waals surface area contributed by atoms with Crippen LogP contribution in [0.5, 0.6) is 11.9 Å². The van der Waals surface area contributed by atoms with Crippen LogP contribution >= 0.6 is 22.6 Å². The lowest BCUT2D eigenvalue weighted by Crippen LogP contribution is -2.09. The van der Waals surface area contributed by atoms with Gasteiger partial charge >= 0.3 is 12.0 Å². The Balaban J connectivity index is 2.33. The summed E-state index contributed by atoms with van der Waals surface area (Å²) in [6, 6.07) is 1.85. The highest BCUT2D eigenvalue weighted by Gasteiger charge is 2.22. The van der Waals surface area contributed by atoms with Crippen LogP contribution in [0.3, 0.4) is 0 Å². The van der Waals surface area contributed by atoms with E-state index in [2.05, 4.69) is 19.8 Å². The van der Waals surface area contributed by atoms with Gasteiger partial charge in [0.1, 0.15) is 3.57 Å². The van der Waals surface area contributed by atoms with Crippen molar-refractivity contribution in [1.29, 1.82) is 0 Å². The van der Waals surface area contributed by atoms with Gasteiger partial charge in [-0.3, -0.25) is 4.68 Å². The van der Waals surface area contributed by atoms with Crippen molar-refractivity contribution >= 4 is 28.6 Å². The molecule has 2 rings (SSSR count). The Labute approximate surface area is 116 Å². The molecule has 2 heterocycles. The molecule has 0 atom stereocenters. The molecule has 18 heavy (non-hydrogen) atoms. The summed E-state index contributed by atoms with van der Waals surface area (Å²) in [6.45, 7) is 0. The van der Waals surface area contributed by atoms with Gasteiger partial charge in [-0.25, -0.2) is 14.8 Å². The molecule has 0 aromatic carbocycles. The highest BCUT2D eigenvalue weighted by molar-refractivity contribution is 14.1. The average Bonchev–Trinajstić information content (AvgIpc) is 2.65. The number of rotatable bonds is 3. The van der Waals surface area contributed by atoms with E-state index in [-0.39, 0.29) is 11.9 Å². The maximum absolute atomic E-state index is 11.5. The molecule has 8 heteroatoms. The van der Waals surface area contributed by atoms with E-state index in [0.29, 0.717) is 9.26 Å². The van der Waals surface area contributed by atoms with Crippen LogP contribution in [0.15, 0.2) is 18.5 Å². The van der Waals surface area contributed by atoms with Crippen LogP contribution < -0.4 is 4.74 Å². The zero-order valence-corrected chi connectivity index (χ0v) is 11.8. The SMILES string of the molecule is COC(=O)c1c(I)c(Oc2ncccn2)nn1C. The van der Waals surface area contributed by atoms with Crippen molar-refractivity contribution in [2.75, 3.05) is 7.11 Å². The van der Waals surface area contributed by atoms with Gasteiger partial charge < -0.3 is 9.47 Å². The first kappa shape index (κ1) is 12.7. The lowest BCUT2D eigenvalue weighted by Gasteiger charge is -1.99. The van der Waals surface area contributed by atoms with Crippen molar-refractivity contribution in [3.63, 3.8) is 0 Å². The number of esters is 1.